The third-order valence-corrected chi connectivity index (χ3v) is 5.98. The molecule has 1 saturated carbocycles. The quantitative estimate of drug-likeness (QED) is 0.460. The summed E-state index contributed by atoms with van der Waals surface area (Å²) < 4.78 is 3.46. The average molecular weight is 345 g/mol. The van der Waals surface area contributed by atoms with Crippen molar-refractivity contribution in [2.75, 3.05) is 0 Å². The standard InChI is InChI=1S/C21H19N3S/c1-2-4-18(3-1)24-20(11-12-23-24)16-7-5-15(6-8-16)17-9-10-19-21(13-17)25-14-22-19/h5-14,18H,1-4H2. The van der Waals surface area contributed by atoms with E-state index in [4.69, 9.17) is 0 Å². The highest BCUT2D eigenvalue weighted by molar-refractivity contribution is 7.16. The first-order valence-electron chi connectivity index (χ1n) is 8.86. The van der Waals surface area contributed by atoms with Gasteiger partial charge in [0.15, 0.2) is 0 Å². The molecule has 2 heterocycles. The summed E-state index contributed by atoms with van der Waals surface area (Å²) in [4.78, 5) is 4.36. The molecule has 0 spiro atoms. The molecule has 0 atom stereocenters. The van der Waals surface area contributed by atoms with Gasteiger partial charge >= 0.3 is 0 Å². The third-order valence-electron chi connectivity index (χ3n) is 5.19. The van der Waals surface area contributed by atoms with Gasteiger partial charge in [-0.3, -0.25) is 4.68 Å². The number of nitrogens with zero attached hydrogens (tertiary/aromatic N) is 3. The Morgan fingerprint density at radius 2 is 1.64 bits per heavy atom. The fourth-order valence-corrected chi connectivity index (χ4v) is 4.57. The monoisotopic (exact) mass is 345 g/mol. The summed E-state index contributed by atoms with van der Waals surface area (Å²) in [6.07, 6.45) is 7.08. The Morgan fingerprint density at radius 3 is 2.48 bits per heavy atom. The fourth-order valence-electron chi connectivity index (χ4n) is 3.85. The smallest absolute Gasteiger partial charge is 0.0812 e. The summed E-state index contributed by atoms with van der Waals surface area (Å²) in [5.74, 6) is 0. The van der Waals surface area contributed by atoms with Gasteiger partial charge in [0, 0.05) is 6.20 Å². The molecule has 4 heteroatoms. The Kier molecular flexibility index (Phi) is 3.63. The van der Waals surface area contributed by atoms with E-state index in [1.807, 2.05) is 11.7 Å². The van der Waals surface area contributed by atoms with Crippen LogP contribution in [0, 0.1) is 0 Å². The molecule has 1 fully saturated rings. The summed E-state index contributed by atoms with van der Waals surface area (Å²) >= 11 is 1.69. The maximum Gasteiger partial charge on any atom is 0.0812 e. The molecule has 1 aliphatic carbocycles. The number of hydrogen-bond acceptors (Lipinski definition) is 3. The van der Waals surface area contributed by atoms with Crippen LogP contribution < -0.4 is 0 Å². The lowest BCUT2D eigenvalue weighted by atomic mass is 10.0. The summed E-state index contributed by atoms with van der Waals surface area (Å²) in [5, 5.41) is 4.59. The van der Waals surface area contributed by atoms with Gasteiger partial charge in [0.2, 0.25) is 0 Å². The summed E-state index contributed by atoms with van der Waals surface area (Å²) in [6.45, 7) is 0. The zero-order valence-electron chi connectivity index (χ0n) is 13.9. The van der Waals surface area contributed by atoms with E-state index in [1.165, 1.54) is 52.8 Å². The van der Waals surface area contributed by atoms with Crippen molar-refractivity contribution < 1.29 is 0 Å². The predicted molar refractivity (Wildman–Crippen MR) is 104 cm³/mol. The number of fused-ring (bicyclic) bond motifs is 1. The highest BCUT2D eigenvalue weighted by Gasteiger charge is 2.20. The van der Waals surface area contributed by atoms with Crippen LogP contribution in [0.1, 0.15) is 31.7 Å². The average Bonchev–Trinajstić information content (AvgIpc) is 3.41. The van der Waals surface area contributed by atoms with Crippen molar-refractivity contribution in [3.8, 4) is 22.4 Å². The predicted octanol–water partition coefficient (Wildman–Crippen LogP) is 5.94. The van der Waals surface area contributed by atoms with E-state index in [2.05, 4.69) is 63.3 Å². The van der Waals surface area contributed by atoms with Gasteiger partial charge in [-0.05, 0) is 47.7 Å². The van der Waals surface area contributed by atoms with Gasteiger partial charge in [-0.2, -0.15) is 5.10 Å². The van der Waals surface area contributed by atoms with Gasteiger partial charge in [-0.25, -0.2) is 4.98 Å². The molecule has 124 valence electrons. The Bertz CT molecular complexity index is 1010. The van der Waals surface area contributed by atoms with Gasteiger partial charge in [0.05, 0.1) is 27.5 Å². The first kappa shape index (κ1) is 14.8. The molecule has 5 rings (SSSR count). The Morgan fingerprint density at radius 1 is 0.880 bits per heavy atom. The van der Waals surface area contributed by atoms with Crippen molar-refractivity contribution in [2.24, 2.45) is 0 Å². The molecule has 4 aromatic rings. The minimum atomic E-state index is 0.568. The van der Waals surface area contributed by atoms with Crippen molar-refractivity contribution >= 4 is 21.6 Å². The Labute approximate surface area is 151 Å². The lowest BCUT2D eigenvalue weighted by Gasteiger charge is -2.14. The van der Waals surface area contributed by atoms with E-state index in [1.54, 1.807) is 11.3 Å². The minimum absolute atomic E-state index is 0.568. The minimum Gasteiger partial charge on any atom is -0.262 e. The van der Waals surface area contributed by atoms with Crippen LogP contribution in [0.2, 0.25) is 0 Å². The first-order valence-corrected chi connectivity index (χ1v) is 9.74. The van der Waals surface area contributed by atoms with Crippen LogP contribution in [-0.2, 0) is 0 Å². The molecule has 0 bridgehead atoms. The third kappa shape index (κ3) is 2.67. The highest BCUT2D eigenvalue weighted by Crippen LogP contribution is 2.34. The van der Waals surface area contributed by atoms with Crippen molar-refractivity contribution in [1.29, 1.82) is 0 Å². The molecule has 2 aromatic heterocycles. The van der Waals surface area contributed by atoms with E-state index in [0.717, 1.165) is 5.52 Å². The first-order chi connectivity index (χ1) is 12.4. The molecular formula is C21H19N3S. The van der Waals surface area contributed by atoms with E-state index in [9.17, 15) is 0 Å². The molecule has 0 amide bonds. The zero-order chi connectivity index (χ0) is 16.6. The topological polar surface area (TPSA) is 30.7 Å². The molecule has 0 N–H and O–H groups in total. The molecule has 0 aliphatic heterocycles. The maximum atomic E-state index is 4.59. The molecule has 0 unspecified atom stereocenters. The molecule has 25 heavy (non-hydrogen) atoms. The van der Waals surface area contributed by atoms with E-state index >= 15 is 0 Å². The van der Waals surface area contributed by atoms with Crippen LogP contribution in [0.5, 0.6) is 0 Å². The van der Waals surface area contributed by atoms with E-state index in [-0.39, 0.29) is 0 Å². The van der Waals surface area contributed by atoms with Gasteiger partial charge in [-0.1, -0.05) is 43.2 Å². The Hall–Kier alpha value is -2.46. The van der Waals surface area contributed by atoms with Crippen molar-refractivity contribution in [2.45, 2.75) is 31.7 Å². The number of hydrogen-bond donors (Lipinski definition) is 0. The summed E-state index contributed by atoms with van der Waals surface area (Å²) in [6, 6.07) is 18.0. The number of thiazole rings is 1. The molecule has 3 nitrogen and oxygen atoms in total. The number of benzene rings is 2. The second kappa shape index (κ2) is 6.12. The van der Waals surface area contributed by atoms with Crippen LogP contribution in [0.3, 0.4) is 0 Å². The van der Waals surface area contributed by atoms with E-state index < -0.39 is 0 Å². The molecule has 2 aromatic carbocycles. The zero-order valence-corrected chi connectivity index (χ0v) is 14.7. The summed E-state index contributed by atoms with van der Waals surface area (Å²) in [7, 11) is 0. The van der Waals surface area contributed by atoms with Gasteiger partial charge < -0.3 is 0 Å². The summed E-state index contributed by atoms with van der Waals surface area (Å²) in [5.41, 5.74) is 7.94. The van der Waals surface area contributed by atoms with Crippen molar-refractivity contribution in [3.63, 3.8) is 0 Å². The molecule has 0 saturated heterocycles. The van der Waals surface area contributed by atoms with Crippen LogP contribution in [-0.4, -0.2) is 14.8 Å². The normalized spacial score (nSPS) is 15.2. The number of aromatic nitrogens is 3. The van der Waals surface area contributed by atoms with Crippen molar-refractivity contribution in [3.05, 3.63) is 60.2 Å². The largest absolute Gasteiger partial charge is 0.262 e. The molecular weight excluding hydrogens is 326 g/mol. The van der Waals surface area contributed by atoms with E-state index in [0.29, 0.717) is 6.04 Å². The second-order valence-corrected chi connectivity index (χ2v) is 7.60. The lowest BCUT2D eigenvalue weighted by Crippen LogP contribution is -2.07. The molecule has 0 radical (unpaired) electrons. The highest BCUT2D eigenvalue weighted by atomic mass is 32.1. The van der Waals surface area contributed by atoms with Crippen LogP contribution >= 0.6 is 11.3 Å². The van der Waals surface area contributed by atoms with Gasteiger partial charge in [0.25, 0.3) is 0 Å². The van der Waals surface area contributed by atoms with Crippen LogP contribution in [0.25, 0.3) is 32.6 Å². The van der Waals surface area contributed by atoms with Crippen LogP contribution in [0.15, 0.2) is 60.2 Å². The van der Waals surface area contributed by atoms with Crippen LogP contribution in [0.4, 0.5) is 0 Å². The number of rotatable bonds is 3. The SMILES string of the molecule is c1cc(-c2ccc(-c3ccc4ncsc4c3)cc2)n(C2CCCC2)n1. The Balaban J connectivity index is 1.48. The van der Waals surface area contributed by atoms with Gasteiger partial charge in [-0.15, -0.1) is 11.3 Å². The second-order valence-electron chi connectivity index (χ2n) is 6.71. The van der Waals surface area contributed by atoms with Crippen molar-refractivity contribution in [1.82, 2.24) is 14.8 Å². The lowest BCUT2D eigenvalue weighted by molar-refractivity contribution is 0.472. The molecule has 1 aliphatic rings. The fraction of sp³-hybridized carbons (Fsp3) is 0.238. The maximum absolute atomic E-state index is 4.59. The van der Waals surface area contributed by atoms with Gasteiger partial charge in [0.1, 0.15) is 0 Å².